The Morgan fingerprint density at radius 1 is 1.25 bits per heavy atom. The average Bonchev–Trinajstić information content (AvgIpc) is 3.22. The number of piperidine rings is 1. The van der Waals surface area contributed by atoms with Gasteiger partial charge in [0.1, 0.15) is 5.88 Å². The van der Waals surface area contributed by atoms with Crippen LogP contribution in [0, 0.1) is 5.92 Å². The molecule has 2 aromatic rings. The van der Waals surface area contributed by atoms with E-state index in [9.17, 15) is 9.59 Å². The van der Waals surface area contributed by atoms with Crippen molar-refractivity contribution in [2.24, 2.45) is 5.92 Å². The molecule has 3 rings (SSSR count). The highest BCUT2D eigenvalue weighted by Crippen LogP contribution is 2.27. The molecule has 0 bridgehead atoms. The number of aromatic nitrogens is 2. The maximum absolute atomic E-state index is 13.2. The second-order valence-electron chi connectivity index (χ2n) is 7.29. The zero-order valence-corrected chi connectivity index (χ0v) is 16.9. The van der Waals surface area contributed by atoms with Crippen molar-refractivity contribution in [3.8, 4) is 5.69 Å². The summed E-state index contributed by atoms with van der Waals surface area (Å²) in [5.74, 6) is 0.237. The molecule has 2 heterocycles. The molecule has 0 radical (unpaired) electrons. The molecule has 7 heteroatoms. The van der Waals surface area contributed by atoms with Gasteiger partial charge in [-0.2, -0.15) is 5.10 Å². The van der Waals surface area contributed by atoms with Gasteiger partial charge >= 0.3 is 0 Å². The van der Waals surface area contributed by atoms with E-state index >= 15 is 0 Å². The molecule has 1 saturated heterocycles. The van der Waals surface area contributed by atoms with E-state index in [4.69, 9.17) is 11.6 Å². The Balaban J connectivity index is 1.66. The normalized spacial score (nSPS) is 19.4. The molecule has 0 spiro atoms. The first kappa shape index (κ1) is 20.4. The number of amides is 2. The van der Waals surface area contributed by atoms with Gasteiger partial charge in [-0.15, -0.1) is 11.6 Å². The molecule has 0 saturated carbocycles. The molecule has 2 unspecified atom stereocenters. The number of rotatable bonds is 7. The van der Waals surface area contributed by atoms with Crippen LogP contribution in [0.4, 0.5) is 0 Å². The van der Waals surface area contributed by atoms with Gasteiger partial charge in [0.05, 0.1) is 5.69 Å². The number of para-hydroxylation sites is 1. The number of benzene rings is 1. The number of halogens is 1. The van der Waals surface area contributed by atoms with Crippen molar-refractivity contribution in [3.63, 3.8) is 0 Å². The molecule has 1 N–H and O–H groups in total. The largest absolute Gasteiger partial charge is 0.355 e. The molecule has 1 aromatic heterocycles. The van der Waals surface area contributed by atoms with Crippen molar-refractivity contribution in [3.05, 3.63) is 48.3 Å². The van der Waals surface area contributed by atoms with E-state index in [1.165, 1.54) is 0 Å². The summed E-state index contributed by atoms with van der Waals surface area (Å²) in [5.41, 5.74) is 1.40. The van der Waals surface area contributed by atoms with Crippen LogP contribution in [0.25, 0.3) is 5.69 Å². The van der Waals surface area contributed by atoms with Crippen molar-refractivity contribution in [2.75, 3.05) is 19.0 Å². The van der Waals surface area contributed by atoms with Crippen LogP contribution in [0.1, 0.15) is 43.1 Å². The van der Waals surface area contributed by atoms with Crippen molar-refractivity contribution in [2.45, 2.75) is 38.6 Å². The Hall–Kier alpha value is -2.34. The predicted molar refractivity (Wildman–Crippen MR) is 110 cm³/mol. The third-order valence-electron chi connectivity index (χ3n) is 5.33. The molecule has 1 fully saturated rings. The molecule has 1 aliphatic heterocycles. The zero-order chi connectivity index (χ0) is 19.9. The van der Waals surface area contributed by atoms with E-state index in [2.05, 4.69) is 17.3 Å². The number of hydrogen-bond donors (Lipinski definition) is 1. The molecular weight excluding hydrogens is 376 g/mol. The van der Waals surface area contributed by atoms with Gasteiger partial charge in [-0.25, -0.2) is 4.68 Å². The topological polar surface area (TPSA) is 67.2 Å². The van der Waals surface area contributed by atoms with E-state index in [-0.39, 0.29) is 23.7 Å². The van der Waals surface area contributed by atoms with Crippen molar-refractivity contribution >= 4 is 23.4 Å². The van der Waals surface area contributed by atoms with E-state index in [0.717, 1.165) is 37.9 Å². The second-order valence-corrected chi connectivity index (χ2v) is 7.56. The lowest BCUT2D eigenvalue weighted by Gasteiger charge is -2.40. The fourth-order valence-electron chi connectivity index (χ4n) is 3.84. The van der Waals surface area contributed by atoms with E-state index in [1.54, 1.807) is 10.7 Å². The minimum Gasteiger partial charge on any atom is -0.355 e. The van der Waals surface area contributed by atoms with E-state index in [1.807, 2.05) is 41.4 Å². The van der Waals surface area contributed by atoms with Crippen LogP contribution in [0.15, 0.2) is 42.6 Å². The highest BCUT2D eigenvalue weighted by Gasteiger charge is 2.32. The molecule has 1 aromatic carbocycles. The Morgan fingerprint density at radius 3 is 2.79 bits per heavy atom. The maximum Gasteiger partial charge on any atom is 0.274 e. The van der Waals surface area contributed by atoms with Gasteiger partial charge < -0.3 is 10.2 Å². The van der Waals surface area contributed by atoms with Crippen molar-refractivity contribution in [1.29, 1.82) is 0 Å². The number of carbonyl (C=O) groups is 2. The SMILES string of the molecule is CC1CCCN(C(=O)c2ccn(-c3ccccc3)n2)C1CCCNC(=O)CCl. The molecule has 2 amide bonds. The van der Waals surface area contributed by atoms with Crippen LogP contribution >= 0.6 is 11.6 Å². The summed E-state index contributed by atoms with van der Waals surface area (Å²) < 4.78 is 1.73. The lowest BCUT2D eigenvalue weighted by molar-refractivity contribution is -0.118. The molecule has 0 aliphatic carbocycles. The molecule has 28 heavy (non-hydrogen) atoms. The molecule has 6 nitrogen and oxygen atoms in total. The number of hydrogen-bond acceptors (Lipinski definition) is 3. The molecule has 150 valence electrons. The number of nitrogens with zero attached hydrogens (tertiary/aromatic N) is 3. The van der Waals surface area contributed by atoms with Crippen LogP contribution in [0.3, 0.4) is 0 Å². The smallest absolute Gasteiger partial charge is 0.274 e. The Kier molecular flexibility index (Phi) is 7.09. The summed E-state index contributed by atoms with van der Waals surface area (Å²) in [6.45, 7) is 3.53. The van der Waals surface area contributed by atoms with Crippen LogP contribution in [-0.4, -0.2) is 51.5 Å². The quantitative estimate of drug-likeness (QED) is 0.571. The summed E-state index contributed by atoms with van der Waals surface area (Å²) in [6, 6.07) is 11.7. The minimum absolute atomic E-state index is 0.0176. The minimum atomic E-state index is -0.155. The van der Waals surface area contributed by atoms with Gasteiger partial charge in [-0.1, -0.05) is 25.1 Å². The Morgan fingerprint density at radius 2 is 2.04 bits per heavy atom. The maximum atomic E-state index is 13.2. The highest BCUT2D eigenvalue weighted by molar-refractivity contribution is 6.27. The first-order valence-electron chi connectivity index (χ1n) is 9.85. The van der Waals surface area contributed by atoms with Gasteiger partial charge in [-0.3, -0.25) is 9.59 Å². The monoisotopic (exact) mass is 402 g/mol. The Bertz CT molecular complexity index is 793. The lowest BCUT2D eigenvalue weighted by atomic mass is 9.87. The Labute approximate surface area is 170 Å². The average molecular weight is 403 g/mol. The summed E-state index contributed by atoms with van der Waals surface area (Å²) in [5, 5.41) is 7.29. The summed E-state index contributed by atoms with van der Waals surface area (Å²) in [7, 11) is 0. The van der Waals surface area contributed by atoms with E-state index in [0.29, 0.717) is 18.2 Å². The van der Waals surface area contributed by atoms with Crippen LogP contribution in [0.2, 0.25) is 0 Å². The van der Waals surface area contributed by atoms with Gasteiger partial charge in [-0.05, 0) is 49.8 Å². The molecule has 1 aliphatic rings. The first-order chi connectivity index (χ1) is 13.6. The molecular formula is C21H27ClN4O2. The second kappa shape index (κ2) is 9.73. The van der Waals surface area contributed by atoms with Crippen LogP contribution in [0.5, 0.6) is 0 Å². The fourth-order valence-corrected chi connectivity index (χ4v) is 3.93. The van der Waals surface area contributed by atoms with Gasteiger partial charge in [0, 0.05) is 25.3 Å². The fraction of sp³-hybridized carbons (Fsp3) is 0.476. The van der Waals surface area contributed by atoms with Crippen molar-refractivity contribution < 1.29 is 9.59 Å². The zero-order valence-electron chi connectivity index (χ0n) is 16.2. The number of alkyl halides is 1. The van der Waals surface area contributed by atoms with Gasteiger partial charge in [0.2, 0.25) is 5.91 Å². The summed E-state index contributed by atoms with van der Waals surface area (Å²) >= 11 is 5.51. The first-order valence-corrected chi connectivity index (χ1v) is 10.4. The third-order valence-corrected chi connectivity index (χ3v) is 5.57. The third kappa shape index (κ3) is 4.93. The highest BCUT2D eigenvalue weighted by atomic mass is 35.5. The van der Waals surface area contributed by atoms with Gasteiger partial charge in [0.15, 0.2) is 5.69 Å². The number of nitrogens with one attached hydrogen (secondary N) is 1. The standard InChI is InChI=1S/C21H27ClN4O2/c1-16-7-6-13-25(19(16)10-5-12-23-20(27)15-22)21(28)18-11-14-26(24-18)17-8-3-2-4-9-17/h2-4,8-9,11,14,16,19H,5-7,10,12-13,15H2,1H3,(H,23,27). The van der Waals surface area contributed by atoms with Crippen molar-refractivity contribution in [1.82, 2.24) is 20.0 Å². The summed E-state index contributed by atoms with van der Waals surface area (Å²) in [6.07, 6.45) is 5.62. The van der Waals surface area contributed by atoms with Gasteiger partial charge in [0.25, 0.3) is 5.91 Å². The van der Waals surface area contributed by atoms with Crippen LogP contribution < -0.4 is 5.32 Å². The van der Waals surface area contributed by atoms with Crippen LogP contribution in [-0.2, 0) is 4.79 Å². The lowest BCUT2D eigenvalue weighted by Crippen LogP contribution is -2.48. The number of likely N-dealkylation sites (tertiary alicyclic amines) is 1. The predicted octanol–water partition coefficient (Wildman–Crippen LogP) is 3.25. The molecule has 2 atom stereocenters. The van der Waals surface area contributed by atoms with E-state index < -0.39 is 0 Å². The summed E-state index contributed by atoms with van der Waals surface area (Å²) in [4.78, 5) is 26.4. The number of carbonyl (C=O) groups excluding carboxylic acids is 2.